The number of methoxy groups -OCH3 is 1. The quantitative estimate of drug-likeness (QED) is 0.114. The first-order chi connectivity index (χ1) is 22.5. The molecule has 0 bridgehead atoms. The number of hydrogen-bond acceptors (Lipinski definition) is 8. The maximum Gasteiger partial charge on any atom is 0.337 e. The Bertz CT molecular complexity index is 1220. The zero-order valence-corrected chi connectivity index (χ0v) is 30.0. The molecule has 0 aliphatic rings. The smallest absolute Gasteiger partial charge is 0.337 e. The third-order valence-electron chi connectivity index (χ3n) is 7.64. The first kappa shape index (κ1) is 42.0. The highest BCUT2D eigenvalue weighted by molar-refractivity contribution is 5.99. The van der Waals surface area contributed by atoms with Crippen LogP contribution >= 0.6 is 0 Å². The number of esters is 1. The Kier molecular flexibility index (Phi) is 18.4. The average Bonchev–Trinajstić information content (AvgIpc) is 3.01. The summed E-state index contributed by atoms with van der Waals surface area (Å²) >= 11 is 0. The molecule has 5 atom stereocenters. The van der Waals surface area contributed by atoms with Crippen molar-refractivity contribution in [2.75, 3.05) is 13.7 Å². The fourth-order valence-electron chi connectivity index (χ4n) is 5.14. The van der Waals surface area contributed by atoms with Crippen LogP contribution < -0.4 is 26.6 Å². The summed E-state index contributed by atoms with van der Waals surface area (Å²) < 4.78 is 4.69. The summed E-state index contributed by atoms with van der Waals surface area (Å²) in [5, 5.41) is 24.8. The van der Waals surface area contributed by atoms with Gasteiger partial charge in [0.1, 0.15) is 18.1 Å². The van der Waals surface area contributed by atoms with Gasteiger partial charge in [0.15, 0.2) is 0 Å². The topological polar surface area (TPSA) is 192 Å². The Morgan fingerprint density at radius 3 is 1.79 bits per heavy atom. The molecule has 1 aromatic carbocycles. The molecule has 0 saturated heterocycles. The minimum atomic E-state index is -1.25. The molecule has 0 fully saturated rings. The number of carbonyl (C=O) groups is 6. The predicted molar refractivity (Wildman–Crippen MR) is 183 cm³/mol. The molecule has 1 aromatic rings. The lowest BCUT2D eigenvalue weighted by atomic mass is 9.95. The van der Waals surface area contributed by atoms with E-state index in [-0.39, 0.29) is 41.2 Å². The largest absolute Gasteiger partial charge is 0.465 e. The minimum Gasteiger partial charge on any atom is -0.465 e. The molecule has 48 heavy (non-hydrogen) atoms. The van der Waals surface area contributed by atoms with E-state index in [0.717, 1.165) is 0 Å². The summed E-state index contributed by atoms with van der Waals surface area (Å²) in [5.41, 5.74) is 0.520. The van der Waals surface area contributed by atoms with Crippen molar-refractivity contribution in [2.45, 2.75) is 118 Å². The predicted octanol–water partition coefficient (Wildman–Crippen LogP) is 2.46. The fourth-order valence-corrected chi connectivity index (χ4v) is 5.14. The highest BCUT2D eigenvalue weighted by Gasteiger charge is 2.32. The number of aliphatic hydroxyl groups excluding tert-OH is 1. The standard InChI is InChI=1S/C35H57N5O8/c1-10-12-25(37-33(45)27(18-21(5)6)39-31(43)23-13-15-24(16-14-23)35(47)48-9)32(44)38-26(17-20(3)4)28(41)19-29(42)40-30(22(7)8)34(46)36-11-2/h13-16,20-22,25-28,30,41H,10-12,17-19H2,1-9H3,(H,36,46)(H,37,45)(H,38,44)(H,39,43)(H,40,42)/t25-,26-,27-,28-,30-/m0/s1. The van der Waals surface area contributed by atoms with Crippen molar-refractivity contribution >= 4 is 35.5 Å². The Balaban J connectivity index is 3.07. The number of hydrogen-bond donors (Lipinski definition) is 6. The maximum atomic E-state index is 13.6. The molecule has 6 N–H and O–H groups in total. The van der Waals surface area contributed by atoms with E-state index in [1.807, 2.05) is 34.6 Å². The number of rotatable bonds is 20. The van der Waals surface area contributed by atoms with Gasteiger partial charge in [0.2, 0.25) is 23.6 Å². The highest BCUT2D eigenvalue weighted by Crippen LogP contribution is 2.14. The van der Waals surface area contributed by atoms with Crippen molar-refractivity contribution in [3.63, 3.8) is 0 Å². The van der Waals surface area contributed by atoms with Crippen LogP contribution in [0.15, 0.2) is 24.3 Å². The van der Waals surface area contributed by atoms with Crippen molar-refractivity contribution < 1.29 is 38.6 Å². The molecule has 0 heterocycles. The molecular formula is C35H57N5O8. The average molecular weight is 676 g/mol. The molecule has 1 rings (SSSR count). The van der Waals surface area contributed by atoms with Gasteiger partial charge in [0.05, 0.1) is 31.2 Å². The van der Waals surface area contributed by atoms with Crippen molar-refractivity contribution in [1.29, 1.82) is 0 Å². The van der Waals surface area contributed by atoms with Crippen LogP contribution in [0.5, 0.6) is 0 Å². The highest BCUT2D eigenvalue weighted by atomic mass is 16.5. The lowest BCUT2D eigenvalue weighted by Gasteiger charge is -2.29. The number of nitrogens with one attached hydrogen (secondary N) is 5. The van der Waals surface area contributed by atoms with E-state index in [0.29, 0.717) is 32.2 Å². The van der Waals surface area contributed by atoms with Crippen molar-refractivity contribution in [2.24, 2.45) is 17.8 Å². The normalized spacial score (nSPS) is 14.4. The Morgan fingerprint density at radius 1 is 0.729 bits per heavy atom. The van der Waals surface area contributed by atoms with Gasteiger partial charge in [-0.25, -0.2) is 4.79 Å². The molecule has 0 aliphatic carbocycles. The van der Waals surface area contributed by atoms with E-state index in [2.05, 4.69) is 26.6 Å². The summed E-state index contributed by atoms with van der Waals surface area (Å²) in [6, 6.07) is 2.34. The van der Waals surface area contributed by atoms with Gasteiger partial charge in [-0.3, -0.25) is 24.0 Å². The van der Waals surface area contributed by atoms with Gasteiger partial charge in [-0.15, -0.1) is 0 Å². The monoisotopic (exact) mass is 675 g/mol. The van der Waals surface area contributed by atoms with Gasteiger partial charge in [0, 0.05) is 12.1 Å². The maximum absolute atomic E-state index is 13.6. The molecule has 0 aliphatic heterocycles. The van der Waals surface area contributed by atoms with Gasteiger partial charge < -0.3 is 36.4 Å². The van der Waals surface area contributed by atoms with E-state index in [4.69, 9.17) is 4.74 Å². The van der Waals surface area contributed by atoms with Gasteiger partial charge in [-0.05, 0) is 68.2 Å². The van der Waals surface area contributed by atoms with Gasteiger partial charge in [-0.1, -0.05) is 54.9 Å². The van der Waals surface area contributed by atoms with Gasteiger partial charge in [-0.2, -0.15) is 0 Å². The lowest BCUT2D eigenvalue weighted by molar-refractivity contribution is -0.132. The minimum absolute atomic E-state index is 0.0289. The van der Waals surface area contributed by atoms with Gasteiger partial charge in [0.25, 0.3) is 5.91 Å². The second kappa shape index (κ2) is 21.1. The number of aliphatic hydroxyl groups is 1. The van der Waals surface area contributed by atoms with Crippen LogP contribution in [0, 0.1) is 17.8 Å². The zero-order chi connectivity index (χ0) is 36.6. The van der Waals surface area contributed by atoms with E-state index >= 15 is 0 Å². The molecule has 270 valence electrons. The van der Waals surface area contributed by atoms with Crippen LogP contribution in [0.3, 0.4) is 0 Å². The molecule has 13 heteroatoms. The molecule has 5 amide bonds. The van der Waals surface area contributed by atoms with E-state index in [9.17, 15) is 33.9 Å². The van der Waals surface area contributed by atoms with E-state index < -0.39 is 59.9 Å². The summed E-state index contributed by atoms with van der Waals surface area (Å²) in [7, 11) is 1.26. The van der Waals surface area contributed by atoms with E-state index in [1.54, 1.807) is 20.8 Å². The lowest BCUT2D eigenvalue weighted by Crippen LogP contribution is -2.57. The number of amides is 5. The Morgan fingerprint density at radius 2 is 1.29 bits per heavy atom. The number of ether oxygens (including phenoxy) is 1. The second-order valence-corrected chi connectivity index (χ2v) is 13.3. The van der Waals surface area contributed by atoms with Crippen LogP contribution in [-0.4, -0.2) is 84.5 Å². The first-order valence-corrected chi connectivity index (χ1v) is 16.9. The summed E-state index contributed by atoms with van der Waals surface area (Å²) in [4.78, 5) is 77.2. The molecular weight excluding hydrogens is 618 g/mol. The number of likely N-dealkylation sites (N-methyl/N-ethyl adjacent to an activating group) is 1. The summed E-state index contributed by atoms with van der Waals surface area (Å²) in [6.45, 7) is 15.3. The zero-order valence-electron chi connectivity index (χ0n) is 30.0. The van der Waals surface area contributed by atoms with Gasteiger partial charge >= 0.3 is 5.97 Å². The van der Waals surface area contributed by atoms with Crippen LogP contribution in [0.1, 0.15) is 108 Å². The summed E-state index contributed by atoms with van der Waals surface area (Å²) in [6.07, 6.45) is -0.0816. The molecule has 0 spiro atoms. The second-order valence-electron chi connectivity index (χ2n) is 13.3. The van der Waals surface area contributed by atoms with E-state index in [1.165, 1.54) is 31.4 Å². The first-order valence-electron chi connectivity index (χ1n) is 16.9. The SMILES string of the molecule is CCC[C@H](NC(=O)[C@H](CC(C)C)NC(=O)c1ccc(C(=O)OC)cc1)C(=O)N[C@@H](CC(C)C)[C@@H](O)CC(=O)N[C@H](C(=O)NCC)C(C)C. The molecule has 13 nitrogen and oxygen atoms in total. The Labute approximate surface area is 285 Å². The number of carbonyl (C=O) groups excluding carboxylic acids is 6. The Hall–Kier alpha value is -4.00. The molecule has 0 saturated carbocycles. The van der Waals surface area contributed by atoms with Crippen LogP contribution in [-0.2, 0) is 23.9 Å². The van der Waals surface area contributed by atoms with Crippen LogP contribution in [0.2, 0.25) is 0 Å². The molecule has 0 aromatic heterocycles. The summed E-state index contributed by atoms with van der Waals surface area (Å²) in [5.74, 6) is -3.06. The third-order valence-corrected chi connectivity index (χ3v) is 7.64. The van der Waals surface area contributed by atoms with Crippen molar-refractivity contribution in [1.82, 2.24) is 26.6 Å². The number of benzene rings is 1. The third kappa shape index (κ3) is 14.4. The molecule has 0 radical (unpaired) electrons. The van der Waals surface area contributed by atoms with Crippen molar-refractivity contribution in [3.05, 3.63) is 35.4 Å². The molecule has 0 unspecified atom stereocenters. The van der Waals surface area contributed by atoms with Crippen LogP contribution in [0.25, 0.3) is 0 Å². The fraction of sp³-hybridized carbons (Fsp3) is 0.657. The van der Waals surface area contributed by atoms with Crippen molar-refractivity contribution in [3.8, 4) is 0 Å². The van der Waals surface area contributed by atoms with Crippen LogP contribution in [0.4, 0.5) is 0 Å².